The number of halogens is 1. The van der Waals surface area contributed by atoms with E-state index in [2.05, 4.69) is 15.3 Å². The van der Waals surface area contributed by atoms with Gasteiger partial charge in [0.25, 0.3) is 5.89 Å². The average molecular weight is 370 g/mol. The van der Waals surface area contributed by atoms with Gasteiger partial charge in [-0.15, -0.1) is 0 Å². The van der Waals surface area contributed by atoms with Crippen LogP contribution in [-0.4, -0.2) is 21.3 Å². The van der Waals surface area contributed by atoms with Crippen LogP contribution in [0.3, 0.4) is 0 Å². The lowest BCUT2D eigenvalue weighted by Gasteiger charge is -1.99. The molecule has 0 unspecified atom stereocenters. The number of nitrogens with zero attached hydrogens (tertiary/aromatic N) is 3. The molecule has 0 saturated carbocycles. The number of para-hydroxylation sites is 1. The lowest BCUT2D eigenvalue weighted by atomic mass is 10.2. The number of hydrogen-bond acceptors (Lipinski definition) is 7. The molecule has 0 aliphatic rings. The largest absolute Gasteiger partial charge is 0.455 e. The molecule has 0 fully saturated rings. The second-order valence-electron chi connectivity index (χ2n) is 5.45. The van der Waals surface area contributed by atoms with Crippen molar-refractivity contribution in [1.82, 2.24) is 15.3 Å². The van der Waals surface area contributed by atoms with E-state index in [1.807, 2.05) is 30.3 Å². The Balaban J connectivity index is 1.40. The molecule has 0 N–H and O–H groups in total. The number of rotatable bonds is 5. The molecule has 26 heavy (non-hydrogen) atoms. The van der Waals surface area contributed by atoms with Crippen LogP contribution in [-0.2, 0) is 22.6 Å². The summed E-state index contributed by atoms with van der Waals surface area (Å²) < 4.78 is 15.4. The van der Waals surface area contributed by atoms with Crippen molar-refractivity contribution in [3.63, 3.8) is 0 Å². The Bertz CT molecular complexity index is 1070. The minimum Gasteiger partial charge on any atom is -0.455 e. The third kappa shape index (κ3) is 3.29. The van der Waals surface area contributed by atoms with Crippen molar-refractivity contribution < 1.29 is 18.6 Å². The summed E-state index contributed by atoms with van der Waals surface area (Å²) in [6, 6.07) is 14.4. The van der Waals surface area contributed by atoms with Gasteiger partial charge in [-0.05, 0) is 24.3 Å². The molecule has 0 radical (unpaired) electrons. The van der Waals surface area contributed by atoms with Crippen molar-refractivity contribution >= 4 is 28.5 Å². The minimum absolute atomic E-state index is 0.0114. The first-order chi connectivity index (χ1) is 12.7. The quantitative estimate of drug-likeness (QED) is 0.494. The first kappa shape index (κ1) is 16.3. The number of carbonyl (C=O) groups is 1. The van der Waals surface area contributed by atoms with Crippen molar-refractivity contribution in [2.45, 2.75) is 13.0 Å². The number of aromatic nitrogens is 3. The van der Waals surface area contributed by atoms with Crippen LogP contribution in [0.5, 0.6) is 0 Å². The highest BCUT2D eigenvalue weighted by Gasteiger charge is 2.16. The van der Waals surface area contributed by atoms with Gasteiger partial charge in [0.05, 0.1) is 11.4 Å². The molecule has 7 nitrogen and oxygen atoms in total. The van der Waals surface area contributed by atoms with Crippen LogP contribution in [0, 0.1) is 0 Å². The number of carbonyl (C=O) groups excluding carboxylic acids is 1. The Labute approximate surface area is 152 Å². The van der Waals surface area contributed by atoms with Crippen LogP contribution in [0.2, 0.25) is 5.02 Å². The zero-order chi connectivity index (χ0) is 17.9. The minimum atomic E-state index is -0.471. The molecular weight excluding hydrogens is 358 g/mol. The lowest BCUT2D eigenvalue weighted by Crippen LogP contribution is -2.08. The highest BCUT2D eigenvalue weighted by molar-refractivity contribution is 6.33. The van der Waals surface area contributed by atoms with E-state index in [0.29, 0.717) is 27.7 Å². The van der Waals surface area contributed by atoms with Crippen LogP contribution in [0.15, 0.2) is 57.6 Å². The van der Waals surface area contributed by atoms with E-state index in [-0.39, 0.29) is 18.9 Å². The van der Waals surface area contributed by atoms with E-state index in [0.717, 1.165) is 5.39 Å². The smallest absolute Gasteiger partial charge is 0.312 e. The molecule has 130 valence electrons. The fourth-order valence-electron chi connectivity index (χ4n) is 2.46. The molecule has 0 spiro atoms. The SMILES string of the molecule is O=C(Cc1noc2ccccc12)OCc1nc(-c2ccccc2Cl)no1. The van der Waals surface area contributed by atoms with Gasteiger partial charge >= 0.3 is 5.97 Å². The average Bonchev–Trinajstić information content (AvgIpc) is 3.28. The van der Waals surface area contributed by atoms with E-state index in [1.54, 1.807) is 18.2 Å². The summed E-state index contributed by atoms with van der Waals surface area (Å²) in [5, 5.41) is 9.04. The second kappa shape index (κ2) is 6.97. The maximum atomic E-state index is 12.0. The van der Waals surface area contributed by atoms with Gasteiger partial charge in [-0.2, -0.15) is 4.98 Å². The molecule has 4 aromatic rings. The molecule has 4 rings (SSSR count). The summed E-state index contributed by atoms with van der Waals surface area (Å²) in [4.78, 5) is 16.2. The zero-order valence-corrected chi connectivity index (χ0v) is 14.1. The Morgan fingerprint density at radius 2 is 1.85 bits per heavy atom. The number of benzene rings is 2. The zero-order valence-electron chi connectivity index (χ0n) is 13.4. The number of hydrogen-bond donors (Lipinski definition) is 0. The second-order valence-corrected chi connectivity index (χ2v) is 5.86. The van der Waals surface area contributed by atoms with Gasteiger partial charge < -0.3 is 13.8 Å². The highest BCUT2D eigenvalue weighted by Crippen LogP contribution is 2.25. The van der Waals surface area contributed by atoms with Gasteiger partial charge in [0, 0.05) is 10.9 Å². The molecule has 2 heterocycles. The van der Waals surface area contributed by atoms with Crippen LogP contribution >= 0.6 is 11.6 Å². The standard InChI is InChI=1S/C18H12ClN3O4/c19-13-7-3-1-5-11(13)18-20-16(26-22-18)10-24-17(23)9-14-12-6-2-4-8-15(12)25-21-14/h1-8H,9-10H2. The molecular formula is C18H12ClN3O4. The third-order valence-electron chi connectivity index (χ3n) is 3.70. The first-order valence-electron chi connectivity index (χ1n) is 7.77. The normalized spacial score (nSPS) is 11.0. The molecule has 2 aromatic heterocycles. The van der Waals surface area contributed by atoms with Crippen LogP contribution < -0.4 is 0 Å². The number of fused-ring (bicyclic) bond motifs is 1. The number of ether oxygens (including phenoxy) is 1. The summed E-state index contributed by atoms with van der Waals surface area (Å²) in [6.07, 6.45) is -0.0114. The summed E-state index contributed by atoms with van der Waals surface area (Å²) in [7, 11) is 0. The van der Waals surface area contributed by atoms with Crippen molar-refractivity contribution in [1.29, 1.82) is 0 Å². The van der Waals surface area contributed by atoms with Crippen LogP contribution in [0.1, 0.15) is 11.6 Å². The summed E-state index contributed by atoms with van der Waals surface area (Å²) in [5.41, 5.74) is 1.79. The van der Waals surface area contributed by atoms with Gasteiger partial charge in [0.2, 0.25) is 5.82 Å². The van der Waals surface area contributed by atoms with E-state index in [4.69, 9.17) is 25.4 Å². The first-order valence-corrected chi connectivity index (χ1v) is 8.15. The molecule has 0 amide bonds. The molecule has 2 aromatic carbocycles. The maximum absolute atomic E-state index is 12.0. The summed E-state index contributed by atoms with van der Waals surface area (Å²) >= 11 is 6.10. The van der Waals surface area contributed by atoms with E-state index in [9.17, 15) is 4.79 Å². The van der Waals surface area contributed by atoms with E-state index in [1.165, 1.54) is 0 Å². The number of esters is 1. The molecule has 0 saturated heterocycles. The summed E-state index contributed by atoms with van der Waals surface area (Å²) in [5.74, 6) is 0.0453. The predicted molar refractivity (Wildman–Crippen MR) is 92.3 cm³/mol. The Morgan fingerprint density at radius 3 is 2.73 bits per heavy atom. The van der Waals surface area contributed by atoms with Crippen LogP contribution in [0.25, 0.3) is 22.4 Å². The van der Waals surface area contributed by atoms with E-state index < -0.39 is 5.97 Å². The molecule has 0 bridgehead atoms. The van der Waals surface area contributed by atoms with Gasteiger partial charge in [-0.1, -0.05) is 46.2 Å². The summed E-state index contributed by atoms with van der Waals surface area (Å²) in [6.45, 7) is -0.133. The van der Waals surface area contributed by atoms with Gasteiger partial charge in [0.1, 0.15) is 5.69 Å². The Kier molecular flexibility index (Phi) is 4.37. The van der Waals surface area contributed by atoms with Crippen molar-refractivity contribution in [3.8, 4) is 11.4 Å². The molecule has 8 heteroatoms. The van der Waals surface area contributed by atoms with Gasteiger partial charge in [-0.3, -0.25) is 4.79 Å². The van der Waals surface area contributed by atoms with Crippen molar-refractivity contribution in [2.24, 2.45) is 0 Å². The van der Waals surface area contributed by atoms with Crippen molar-refractivity contribution in [2.75, 3.05) is 0 Å². The van der Waals surface area contributed by atoms with E-state index >= 15 is 0 Å². The fourth-order valence-corrected chi connectivity index (χ4v) is 2.68. The Morgan fingerprint density at radius 1 is 1.04 bits per heavy atom. The topological polar surface area (TPSA) is 91.2 Å². The van der Waals surface area contributed by atoms with Crippen LogP contribution in [0.4, 0.5) is 0 Å². The Hall–Kier alpha value is -3.19. The third-order valence-corrected chi connectivity index (χ3v) is 4.03. The fraction of sp³-hybridized carbons (Fsp3) is 0.111. The molecule has 0 aliphatic heterocycles. The van der Waals surface area contributed by atoms with Gasteiger partial charge in [-0.25, -0.2) is 0 Å². The molecule has 0 atom stereocenters. The predicted octanol–water partition coefficient (Wildman–Crippen LogP) is 3.82. The monoisotopic (exact) mass is 369 g/mol. The molecule has 0 aliphatic carbocycles. The van der Waals surface area contributed by atoms with Crippen molar-refractivity contribution in [3.05, 3.63) is 65.1 Å². The van der Waals surface area contributed by atoms with Gasteiger partial charge in [0.15, 0.2) is 12.2 Å². The lowest BCUT2D eigenvalue weighted by molar-refractivity contribution is -0.145. The highest BCUT2D eigenvalue weighted by atomic mass is 35.5. The maximum Gasteiger partial charge on any atom is 0.312 e.